The summed E-state index contributed by atoms with van der Waals surface area (Å²) in [6.07, 6.45) is 3.32. The van der Waals surface area contributed by atoms with Crippen LogP contribution in [0.3, 0.4) is 0 Å². The SMILES string of the molecule is N#Cc1ccc(NCc2cn[nH]c2)c([N+](=O)[O-])c1. The topological polar surface area (TPSA) is 108 Å². The Morgan fingerprint density at radius 1 is 1.56 bits per heavy atom. The van der Waals surface area contributed by atoms with Crippen LogP contribution in [-0.4, -0.2) is 15.1 Å². The largest absolute Gasteiger partial charge is 0.375 e. The molecule has 2 rings (SSSR count). The van der Waals surface area contributed by atoms with Crippen LogP contribution in [0.25, 0.3) is 0 Å². The number of rotatable bonds is 4. The number of nitriles is 1. The number of nitro groups is 1. The first-order valence-corrected chi connectivity index (χ1v) is 5.11. The fourth-order valence-corrected chi connectivity index (χ4v) is 1.47. The molecule has 0 fully saturated rings. The zero-order chi connectivity index (χ0) is 13.0. The van der Waals surface area contributed by atoms with Gasteiger partial charge in [-0.05, 0) is 12.1 Å². The lowest BCUT2D eigenvalue weighted by Crippen LogP contribution is -2.02. The quantitative estimate of drug-likeness (QED) is 0.628. The monoisotopic (exact) mass is 243 g/mol. The van der Waals surface area contributed by atoms with Crippen LogP contribution in [0.5, 0.6) is 0 Å². The number of hydrogen-bond acceptors (Lipinski definition) is 5. The maximum absolute atomic E-state index is 10.9. The minimum absolute atomic E-state index is 0.113. The van der Waals surface area contributed by atoms with Crippen LogP contribution in [0.1, 0.15) is 11.1 Å². The van der Waals surface area contributed by atoms with Crippen molar-refractivity contribution in [2.24, 2.45) is 0 Å². The summed E-state index contributed by atoms with van der Waals surface area (Å²) in [5, 5.41) is 29.0. The first kappa shape index (κ1) is 11.6. The van der Waals surface area contributed by atoms with Gasteiger partial charge < -0.3 is 5.32 Å². The van der Waals surface area contributed by atoms with Gasteiger partial charge in [-0.25, -0.2) is 0 Å². The normalized spacial score (nSPS) is 9.72. The molecule has 0 aliphatic rings. The fourth-order valence-electron chi connectivity index (χ4n) is 1.47. The molecule has 0 saturated carbocycles. The van der Waals surface area contributed by atoms with Crippen LogP contribution in [0.15, 0.2) is 30.6 Å². The Kier molecular flexibility index (Phi) is 3.20. The van der Waals surface area contributed by atoms with E-state index >= 15 is 0 Å². The molecule has 0 saturated heterocycles. The Bertz CT molecular complexity index is 600. The third-order valence-electron chi connectivity index (χ3n) is 2.36. The Labute approximate surface area is 102 Å². The Balaban J connectivity index is 2.22. The standard InChI is InChI=1S/C11H9N5O2/c12-4-8-1-2-10(11(3-8)16(17)18)13-5-9-6-14-15-7-9/h1-3,6-7,13H,5H2,(H,14,15). The van der Waals surface area contributed by atoms with E-state index in [2.05, 4.69) is 15.5 Å². The van der Waals surface area contributed by atoms with Gasteiger partial charge in [-0.3, -0.25) is 15.2 Å². The van der Waals surface area contributed by atoms with Gasteiger partial charge in [0.05, 0.1) is 22.8 Å². The molecular weight excluding hydrogens is 234 g/mol. The van der Waals surface area contributed by atoms with E-state index in [4.69, 9.17) is 5.26 Å². The lowest BCUT2D eigenvalue weighted by Gasteiger charge is -2.05. The van der Waals surface area contributed by atoms with E-state index in [0.717, 1.165) is 5.56 Å². The molecule has 1 aromatic carbocycles. The molecule has 7 heteroatoms. The number of nitro benzene ring substituents is 1. The van der Waals surface area contributed by atoms with Gasteiger partial charge in [-0.2, -0.15) is 10.4 Å². The number of benzene rings is 1. The average Bonchev–Trinajstić information content (AvgIpc) is 2.89. The molecule has 18 heavy (non-hydrogen) atoms. The molecular formula is C11H9N5O2. The van der Waals surface area contributed by atoms with Gasteiger partial charge in [0.25, 0.3) is 5.69 Å². The van der Waals surface area contributed by atoms with Crippen LogP contribution in [-0.2, 0) is 6.54 Å². The van der Waals surface area contributed by atoms with Crippen LogP contribution >= 0.6 is 0 Å². The molecule has 90 valence electrons. The van der Waals surface area contributed by atoms with Crippen molar-refractivity contribution in [3.63, 3.8) is 0 Å². The molecule has 0 amide bonds. The van der Waals surface area contributed by atoms with Gasteiger partial charge in [-0.1, -0.05) is 0 Å². The lowest BCUT2D eigenvalue weighted by atomic mass is 10.2. The van der Waals surface area contributed by atoms with Crippen molar-refractivity contribution in [3.05, 3.63) is 51.8 Å². The zero-order valence-electron chi connectivity index (χ0n) is 9.25. The second kappa shape index (κ2) is 4.97. The molecule has 7 nitrogen and oxygen atoms in total. The van der Waals surface area contributed by atoms with Crippen LogP contribution in [0, 0.1) is 21.4 Å². The van der Waals surface area contributed by atoms with Crippen molar-refractivity contribution in [3.8, 4) is 6.07 Å². The number of hydrogen-bond donors (Lipinski definition) is 2. The van der Waals surface area contributed by atoms with Gasteiger partial charge in [0.1, 0.15) is 5.69 Å². The van der Waals surface area contributed by atoms with E-state index in [1.807, 2.05) is 6.07 Å². The van der Waals surface area contributed by atoms with E-state index in [0.29, 0.717) is 12.2 Å². The van der Waals surface area contributed by atoms with Gasteiger partial charge in [-0.15, -0.1) is 0 Å². The highest BCUT2D eigenvalue weighted by molar-refractivity contribution is 5.64. The molecule has 1 aromatic heterocycles. The molecule has 1 heterocycles. The van der Waals surface area contributed by atoms with Gasteiger partial charge >= 0.3 is 0 Å². The summed E-state index contributed by atoms with van der Waals surface area (Å²) in [4.78, 5) is 10.4. The van der Waals surface area contributed by atoms with Crippen molar-refractivity contribution >= 4 is 11.4 Å². The molecule has 2 aromatic rings. The smallest absolute Gasteiger partial charge is 0.293 e. The van der Waals surface area contributed by atoms with Crippen molar-refractivity contribution < 1.29 is 4.92 Å². The first-order chi connectivity index (χ1) is 8.70. The highest BCUT2D eigenvalue weighted by Gasteiger charge is 2.14. The molecule has 0 bridgehead atoms. The van der Waals surface area contributed by atoms with Crippen molar-refractivity contribution in [2.75, 3.05) is 5.32 Å². The number of nitrogens with zero attached hydrogens (tertiary/aromatic N) is 3. The number of nitrogens with one attached hydrogen (secondary N) is 2. The predicted molar refractivity (Wildman–Crippen MR) is 63.7 cm³/mol. The van der Waals surface area contributed by atoms with Crippen molar-refractivity contribution in [1.29, 1.82) is 5.26 Å². The third kappa shape index (κ3) is 2.44. The van der Waals surface area contributed by atoms with E-state index < -0.39 is 4.92 Å². The summed E-state index contributed by atoms with van der Waals surface area (Å²) in [6.45, 7) is 0.420. The molecule has 0 unspecified atom stereocenters. The predicted octanol–water partition coefficient (Wildman–Crippen LogP) is 1.80. The van der Waals surface area contributed by atoms with Crippen LogP contribution in [0.2, 0.25) is 0 Å². The highest BCUT2D eigenvalue weighted by atomic mass is 16.6. The summed E-state index contributed by atoms with van der Waals surface area (Å²) < 4.78 is 0. The summed E-state index contributed by atoms with van der Waals surface area (Å²) in [6, 6.07) is 6.18. The maximum Gasteiger partial charge on any atom is 0.293 e. The third-order valence-corrected chi connectivity index (χ3v) is 2.36. The molecule has 0 radical (unpaired) electrons. The Morgan fingerprint density at radius 2 is 2.39 bits per heavy atom. The summed E-state index contributed by atoms with van der Waals surface area (Å²) in [7, 11) is 0. The second-order valence-corrected chi connectivity index (χ2v) is 3.56. The molecule has 0 aliphatic carbocycles. The molecule has 0 atom stereocenters. The Hall–Kier alpha value is -2.88. The summed E-state index contributed by atoms with van der Waals surface area (Å²) in [5.74, 6) is 0. The second-order valence-electron chi connectivity index (χ2n) is 3.56. The first-order valence-electron chi connectivity index (χ1n) is 5.11. The highest BCUT2D eigenvalue weighted by Crippen LogP contribution is 2.25. The minimum Gasteiger partial charge on any atom is -0.375 e. The fraction of sp³-hybridized carbons (Fsp3) is 0.0909. The van der Waals surface area contributed by atoms with E-state index in [-0.39, 0.29) is 11.3 Å². The van der Waals surface area contributed by atoms with Crippen molar-refractivity contribution in [2.45, 2.75) is 6.54 Å². The zero-order valence-corrected chi connectivity index (χ0v) is 9.25. The minimum atomic E-state index is -0.515. The van der Waals surface area contributed by atoms with E-state index in [1.165, 1.54) is 18.2 Å². The molecule has 0 aliphatic heterocycles. The summed E-state index contributed by atoms with van der Waals surface area (Å²) in [5.41, 5.74) is 1.40. The van der Waals surface area contributed by atoms with Crippen LogP contribution in [0.4, 0.5) is 11.4 Å². The average molecular weight is 243 g/mol. The van der Waals surface area contributed by atoms with Crippen molar-refractivity contribution in [1.82, 2.24) is 10.2 Å². The lowest BCUT2D eigenvalue weighted by molar-refractivity contribution is -0.384. The number of anilines is 1. The van der Waals surface area contributed by atoms with Gasteiger partial charge in [0.15, 0.2) is 0 Å². The number of aromatic nitrogens is 2. The molecule has 2 N–H and O–H groups in total. The van der Waals surface area contributed by atoms with Gasteiger partial charge in [0, 0.05) is 24.4 Å². The van der Waals surface area contributed by atoms with Gasteiger partial charge in [0.2, 0.25) is 0 Å². The number of H-pyrrole nitrogens is 1. The number of aromatic amines is 1. The molecule has 0 spiro atoms. The van der Waals surface area contributed by atoms with E-state index in [1.54, 1.807) is 12.4 Å². The van der Waals surface area contributed by atoms with Crippen LogP contribution < -0.4 is 5.32 Å². The summed E-state index contributed by atoms with van der Waals surface area (Å²) >= 11 is 0. The van der Waals surface area contributed by atoms with E-state index in [9.17, 15) is 10.1 Å². The maximum atomic E-state index is 10.9. The Morgan fingerprint density at radius 3 is 3.00 bits per heavy atom.